The molecule has 3 nitrogen and oxygen atoms in total. The van der Waals surface area contributed by atoms with E-state index in [1.807, 2.05) is 11.9 Å². The van der Waals surface area contributed by atoms with Crippen LogP contribution in [0.5, 0.6) is 0 Å². The molecule has 1 aliphatic carbocycles. The van der Waals surface area contributed by atoms with E-state index in [2.05, 4.69) is 33.8 Å². The first kappa shape index (κ1) is 14.1. The molecule has 1 aromatic rings. The molecule has 0 spiro atoms. The lowest BCUT2D eigenvalue weighted by atomic mass is 9.96. The molecule has 1 amide bonds. The third kappa shape index (κ3) is 2.16. The number of rotatable bonds is 3. The molecule has 0 bridgehead atoms. The maximum Gasteiger partial charge on any atom is 0.234 e. The van der Waals surface area contributed by atoms with E-state index in [0.717, 1.165) is 18.5 Å². The molecule has 2 N–H and O–H groups in total. The Morgan fingerprint density at radius 2 is 1.68 bits per heavy atom. The van der Waals surface area contributed by atoms with Crippen LogP contribution in [0.3, 0.4) is 0 Å². The lowest BCUT2D eigenvalue weighted by molar-refractivity contribution is -0.123. The molecule has 19 heavy (non-hydrogen) atoms. The number of hydrogen-bond acceptors (Lipinski definition) is 2. The normalized spacial score (nSPS) is 16.3. The van der Waals surface area contributed by atoms with Gasteiger partial charge < -0.3 is 10.6 Å². The van der Waals surface area contributed by atoms with Crippen molar-refractivity contribution in [1.29, 1.82) is 0 Å². The summed E-state index contributed by atoms with van der Waals surface area (Å²) in [5.74, 6) is 0.172. The summed E-state index contributed by atoms with van der Waals surface area (Å²) < 4.78 is 0. The van der Waals surface area contributed by atoms with Gasteiger partial charge in [0.15, 0.2) is 0 Å². The summed E-state index contributed by atoms with van der Waals surface area (Å²) in [6, 6.07) is 2.18. The highest BCUT2D eigenvalue weighted by molar-refractivity contribution is 6.00. The van der Waals surface area contributed by atoms with Crippen LogP contribution in [0.1, 0.15) is 35.1 Å². The highest BCUT2D eigenvalue weighted by Gasteiger charge is 2.50. The smallest absolute Gasteiger partial charge is 0.234 e. The van der Waals surface area contributed by atoms with Crippen LogP contribution >= 0.6 is 0 Å². The minimum Gasteiger partial charge on any atom is -0.329 e. The van der Waals surface area contributed by atoms with Gasteiger partial charge in [0.05, 0.1) is 5.41 Å². The first-order valence-corrected chi connectivity index (χ1v) is 6.89. The van der Waals surface area contributed by atoms with Gasteiger partial charge in [-0.25, -0.2) is 0 Å². The predicted molar refractivity (Wildman–Crippen MR) is 79.5 cm³/mol. The second-order valence-corrected chi connectivity index (χ2v) is 5.96. The fraction of sp³-hybridized carbons (Fsp3) is 0.562. The Hall–Kier alpha value is -1.35. The first-order valence-electron chi connectivity index (χ1n) is 6.89. The fourth-order valence-electron chi connectivity index (χ4n) is 2.81. The molecule has 1 saturated carbocycles. The van der Waals surface area contributed by atoms with Crippen molar-refractivity contribution in [3.8, 4) is 0 Å². The zero-order chi connectivity index (χ0) is 14.4. The number of nitrogens with zero attached hydrogens (tertiary/aromatic N) is 1. The topological polar surface area (TPSA) is 46.3 Å². The van der Waals surface area contributed by atoms with E-state index in [9.17, 15) is 4.79 Å². The van der Waals surface area contributed by atoms with Crippen molar-refractivity contribution in [3.05, 3.63) is 28.3 Å². The molecule has 0 saturated heterocycles. The minimum absolute atomic E-state index is 0.172. The van der Waals surface area contributed by atoms with E-state index < -0.39 is 0 Å². The number of nitrogens with two attached hydrogens (primary N) is 1. The van der Waals surface area contributed by atoms with E-state index in [4.69, 9.17) is 5.73 Å². The van der Waals surface area contributed by atoms with Gasteiger partial charge in [0.25, 0.3) is 0 Å². The molecule has 104 valence electrons. The molecule has 0 unspecified atom stereocenters. The maximum atomic E-state index is 12.6. The van der Waals surface area contributed by atoms with E-state index in [1.165, 1.54) is 22.3 Å². The van der Waals surface area contributed by atoms with Gasteiger partial charge in [-0.2, -0.15) is 0 Å². The number of amides is 1. The van der Waals surface area contributed by atoms with Gasteiger partial charge in [0.2, 0.25) is 5.91 Å². The number of hydrogen-bond donors (Lipinski definition) is 1. The Balaban J connectivity index is 2.45. The molecule has 3 heteroatoms. The summed E-state index contributed by atoms with van der Waals surface area (Å²) in [6.45, 7) is 8.82. The second kappa shape index (κ2) is 4.64. The van der Waals surface area contributed by atoms with Gasteiger partial charge in [-0.3, -0.25) is 4.79 Å². The molecule has 1 aliphatic rings. The first-order chi connectivity index (χ1) is 8.84. The van der Waals surface area contributed by atoms with Gasteiger partial charge >= 0.3 is 0 Å². The van der Waals surface area contributed by atoms with Crippen LogP contribution in [-0.4, -0.2) is 19.5 Å². The fourth-order valence-corrected chi connectivity index (χ4v) is 2.81. The van der Waals surface area contributed by atoms with Crippen molar-refractivity contribution >= 4 is 11.6 Å². The van der Waals surface area contributed by atoms with Crippen molar-refractivity contribution < 1.29 is 4.79 Å². The standard InChI is InChI=1S/C16H24N2O/c1-10-8-11(2)13(4)14(12(10)3)18(5)15(19)16(9-17)6-7-16/h8H,6-7,9,17H2,1-5H3. The molecule has 1 aromatic carbocycles. The average molecular weight is 260 g/mol. The average Bonchev–Trinajstić information content (AvgIpc) is 3.16. The summed E-state index contributed by atoms with van der Waals surface area (Å²) in [6.07, 6.45) is 1.85. The van der Waals surface area contributed by atoms with Crippen molar-refractivity contribution in [3.63, 3.8) is 0 Å². The summed E-state index contributed by atoms with van der Waals surface area (Å²) in [7, 11) is 1.88. The quantitative estimate of drug-likeness (QED) is 0.908. The molecule has 0 aliphatic heterocycles. The van der Waals surface area contributed by atoms with Gasteiger partial charge in [-0.05, 0) is 62.8 Å². The summed E-state index contributed by atoms with van der Waals surface area (Å²) in [5, 5.41) is 0. The van der Waals surface area contributed by atoms with Crippen molar-refractivity contribution in [2.45, 2.75) is 40.5 Å². The maximum absolute atomic E-state index is 12.6. The summed E-state index contributed by atoms with van der Waals surface area (Å²) in [4.78, 5) is 14.5. The molecule has 1 fully saturated rings. The van der Waals surface area contributed by atoms with Crippen LogP contribution in [-0.2, 0) is 4.79 Å². The number of carbonyl (C=O) groups is 1. The van der Waals surface area contributed by atoms with Crippen LogP contribution in [0, 0.1) is 33.1 Å². The number of anilines is 1. The van der Waals surface area contributed by atoms with Crippen molar-refractivity contribution in [1.82, 2.24) is 0 Å². The molecule has 0 radical (unpaired) electrons. The van der Waals surface area contributed by atoms with Crippen molar-refractivity contribution in [2.24, 2.45) is 11.1 Å². The Bertz CT molecular complexity index is 504. The predicted octanol–water partition coefficient (Wildman–Crippen LogP) is 2.62. The van der Waals surface area contributed by atoms with Crippen molar-refractivity contribution in [2.75, 3.05) is 18.5 Å². The lowest BCUT2D eigenvalue weighted by Crippen LogP contribution is -2.39. The minimum atomic E-state index is -0.286. The van der Waals surface area contributed by atoms with E-state index in [1.54, 1.807) is 0 Å². The van der Waals surface area contributed by atoms with E-state index >= 15 is 0 Å². The summed E-state index contributed by atoms with van der Waals surface area (Å²) >= 11 is 0. The highest BCUT2D eigenvalue weighted by Crippen LogP contribution is 2.47. The van der Waals surface area contributed by atoms with Gasteiger partial charge in [0, 0.05) is 19.3 Å². The van der Waals surface area contributed by atoms with Crippen LogP contribution in [0.4, 0.5) is 5.69 Å². The SMILES string of the molecule is Cc1cc(C)c(C)c(N(C)C(=O)C2(CN)CC2)c1C. The zero-order valence-electron chi connectivity index (χ0n) is 12.6. The third-order valence-corrected chi connectivity index (χ3v) is 4.66. The number of benzene rings is 1. The van der Waals surface area contributed by atoms with Crippen LogP contribution in [0.25, 0.3) is 0 Å². The van der Waals surface area contributed by atoms with Crippen LogP contribution in [0.15, 0.2) is 6.07 Å². The van der Waals surface area contributed by atoms with E-state index in [-0.39, 0.29) is 11.3 Å². The lowest BCUT2D eigenvalue weighted by Gasteiger charge is -2.27. The Kier molecular flexibility index (Phi) is 3.43. The molecule has 2 rings (SSSR count). The molecular formula is C16H24N2O. The Morgan fingerprint density at radius 1 is 1.21 bits per heavy atom. The van der Waals surface area contributed by atoms with Crippen LogP contribution < -0.4 is 10.6 Å². The van der Waals surface area contributed by atoms with Crippen LogP contribution in [0.2, 0.25) is 0 Å². The molecule has 0 heterocycles. The third-order valence-electron chi connectivity index (χ3n) is 4.66. The zero-order valence-corrected chi connectivity index (χ0v) is 12.6. The van der Waals surface area contributed by atoms with Gasteiger partial charge in [-0.1, -0.05) is 6.07 Å². The van der Waals surface area contributed by atoms with Gasteiger partial charge in [-0.15, -0.1) is 0 Å². The molecule has 0 aromatic heterocycles. The molecule has 0 atom stereocenters. The molecular weight excluding hydrogens is 236 g/mol. The monoisotopic (exact) mass is 260 g/mol. The van der Waals surface area contributed by atoms with E-state index in [0.29, 0.717) is 6.54 Å². The number of carbonyl (C=O) groups excluding carboxylic acids is 1. The number of aryl methyl sites for hydroxylation is 2. The largest absolute Gasteiger partial charge is 0.329 e. The van der Waals surface area contributed by atoms with Gasteiger partial charge in [0.1, 0.15) is 0 Å². The Labute approximate surface area is 115 Å². The summed E-state index contributed by atoms with van der Waals surface area (Å²) in [5.41, 5.74) is 11.4. The Morgan fingerprint density at radius 3 is 2.05 bits per heavy atom. The highest BCUT2D eigenvalue weighted by atomic mass is 16.2. The second-order valence-electron chi connectivity index (χ2n) is 5.96.